The van der Waals surface area contributed by atoms with E-state index < -0.39 is 0 Å². The number of amides is 1. The molecule has 4 rings (SSSR count). The minimum atomic E-state index is -0.269. The van der Waals surface area contributed by atoms with Crippen LogP contribution in [0.25, 0.3) is 0 Å². The molecule has 1 aliphatic heterocycles. The van der Waals surface area contributed by atoms with Crippen molar-refractivity contribution >= 4 is 35.0 Å². The Morgan fingerprint density at radius 2 is 2.07 bits per heavy atom. The molecule has 0 N–H and O–H groups in total. The van der Waals surface area contributed by atoms with Gasteiger partial charge in [0.2, 0.25) is 0 Å². The number of aryl methyl sites for hydroxylation is 1. The first-order valence-corrected chi connectivity index (χ1v) is 10.6. The largest absolute Gasteiger partial charge is 0.467 e. The van der Waals surface area contributed by atoms with Crippen molar-refractivity contribution in [3.8, 4) is 0 Å². The second kappa shape index (κ2) is 8.42. The second-order valence-corrected chi connectivity index (χ2v) is 7.97. The van der Waals surface area contributed by atoms with Gasteiger partial charge in [0.15, 0.2) is 5.16 Å². The zero-order valence-corrected chi connectivity index (χ0v) is 17.7. The fraction of sp³-hybridized carbons (Fsp3) is 0.300. The summed E-state index contributed by atoms with van der Waals surface area (Å²) in [6.45, 7) is 4.68. The molecule has 7 nitrogen and oxygen atoms in total. The fourth-order valence-electron chi connectivity index (χ4n) is 3.28. The molecule has 0 saturated carbocycles. The van der Waals surface area contributed by atoms with Crippen LogP contribution in [-0.2, 0) is 11.3 Å². The van der Waals surface area contributed by atoms with Crippen LogP contribution in [0.1, 0.15) is 36.5 Å². The van der Waals surface area contributed by atoms with E-state index in [9.17, 15) is 4.79 Å². The van der Waals surface area contributed by atoms with Crippen molar-refractivity contribution in [2.24, 2.45) is 5.10 Å². The lowest BCUT2D eigenvalue weighted by Gasteiger charge is -2.19. The van der Waals surface area contributed by atoms with Gasteiger partial charge >= 0.3 is 0 Å². The van der Waals surface area contributed by atoms with E-state index in [1.807, 2.05) is 54.8 Å². The molecule has 29 heavy (non-hydrogen) atoms. The fourth-order valence-corrected chi connectivity index (χ4v) is 4.31. The molecule has 3 aromatic rings. The monoisotopic (exact) mass is 429 g/mol. The van der Waals surface area contributed by atoms with Gasteiger partial charge in [-0.3, -0.25) is 4.79 Å². The van der Waals surface area contributed by atoms with E-state index in [1.54, 1.807) is 6.26 Å². The second-order valence-electron chi connectivity index (χ2n) is 6.59. The quantitative estimate of drug-likeness (QED) is 0.545. The topological polar surface area (TPSA) is 76.5 Å². The number of carbonyl (C=O) groups is 1. The van der Waals surface area contributed by atoms with Gasteiger partial charge in [0.05, 0.1) is 17.7 Å². The highest BCUT2D eigenvalue weighted by Gasteiger charge is 2.34. The summed E-state index contributed by atoms with van der Waals surface area (Å²) in [6.07, 6.45) is 2.19. The molecule has 0 radical (unpaired) electrons. The molecular weight excluding hydrogens is 410 g/mol. The van der Waals surface area contributed by atoms with E-state index in [1.165, 1.54) is 16.8 Å². The SMILES string of the molecule is CCn1c(C)nnc1SCC(=O)N1N=C(c2ccc(Cl)cc2)CC1c1ccco1. The minimum absolute atomic E-state index is 0.108. The first-order chi connectivity index (χ1) is 14.1. The predicted molar refractivity (Wildman–Crippen MR) is 112 cm³/mol. The van der Waals surface area contributed by atoms with Gasteiger partial charge in [-0.2, -0.15) is 5.10 Å². The lowest BCUT2D eigenvalue weighted by atomic mass is 10.0. The standard InChI is InChI=1S/C20H20ClN5O2S/c1-3-25-13(2)22-23-20(25)29-12-19(27)26-17(18-5-4-10-28-18)11-16(24-26)14-6-8-15(21)9-7-14/h4-10,17H,3,11-12H2,1-2H3. The molecule has 1 aromatic carbocycles. The Balaban J connectivity index is 1.55. The third kappa shape index (κ3) is 4.09. The number of halogens is 1. The van der Waals surface area contributed by atoms with E-state index in [4.69, 9.17) is 16.0 Å². The lowest BCUT2D eigenvalue weighted by Crippen LogP contribution is -2.28. The Kier molecular flexibility index (Phi) is 5.73. The maximum Gasteiger partial charge on any atom is 0.253 e. The summed E-state index contributed by atoms with van der Waals surface area (Å²) in [6, 6.07) is 10.9. The Bertz CT molecular complexity index is 1030. The Labute approximate surface area is 177 Å². The highest BCUT2D eigenvalue weighted by atomic mass is 35.5. The van der Waals surface area contributed by atoms with Crippen LogP contribution in [0.3, 0.4) is 0 Å². The normalized spacial score (nSPS) is 16.3. The number of rotatable bonds is 6. The van der Waals surface area contributed by atoms with Crippen LogP contribution in [0.4, 0.5) is 0 Å². The summed E-state index contributed by atoms with van der Waals surface area (Å²) in [5.74, 6) is 1.65. The molecule has 3 heterocycles. The number of hydrazone groups is 1. The number of thioether (sulfide) groups is 1. The van der Waals surface area contributed by atoms with Gasteiger partial charge in [0, 0.05) is 18.0 Å². The molecule has 9 heteroatoms. The van der Waals surface area contributed by atoms with Crippen LogP contribution in [0.2, 0.25) is 5.02 Å². The first kappa shape index (κ1) is 19.7. The summed E-state index contributed by atoms with van der Waals surface area (Å²) in [5.41, 5.74) is 1.77. The summed E-state index contributed by atoms with van der Waals surface area (Å²) >= 11 is 7.36. The molecule has 150 valence electrons. The van der Waals surface area contributed by atoms with Crippen molar-refractivity contribution in [1.29, 1.82) is 0 Å². The highest BCUT2D eigenvalue weighted by molar-refractivity contribution is 7.99. The highest BCUT2D eigenvalue weighted by Crippen LogP contribution is 2.34. The Hall–Kier alpha value is -2.58. The third-order valence-corrected chi connectivity index (χ3v) is 5.96. The van der Waals surface area contributed by atoms with E-state index in [-0.39, 0.29) is 17.7 Å². The van der Waals surface area contributed by atoms with Gasteiger partial charge < -0.3 is 8.98 Å². The molecule has 1 amide bonds. The molecule has 0 saturated heterocycles. The Morgan fingerprint density at radius 1 is 1.28 bits per heavy atom. The average Bonchev–Trinajstić information content (AvgIpc) is 3.46. The maximum absolute atomic E-state index is 13.0. The first-order valence-electron chi connectivity index (χ1n) is 9.28. The molecule has 1 unspecified atom stereocenters. The molecule has 1 atom stereocenters. The smallest absolute Gasteiger partial charge is 0.253 e. The van der Waals surface area contributed by atoms with E-state index in [0.29, 0.717) is 17.2 Å². The van der Waals surface area contributed by atoms with Gasteiger partial charge in [-0.1, -0.05) is 35.5 Å². The van der Waals surface area contributed by atoms with Gasteiger partial charge in [0.25, 0.3) is 5.91 Å². The Morgan fingerprint density at radius 3 is 2.76 bits per heavy atom. The number of aromatic nitrogens is 3. The number of hydrogen-bond donors (Lipinski definition) is 0. The lowest BCUT2D eigenvalue weighted by molar-refractivity contribution is -0.130. The van der Waals surface area contributed by atoms with Crippen molar-refractivity contribution in [3.63, 3.8) is 0 Å². The van der Waals surface area contributed by atoms with Gasteiger partial charge in [-0.05, 0) is 43.7 Å². The van der Waals surface area contributed by atoms with E-state index in [0.717, 1.165) is 28.8 Å². The zero-order valence-electron chi connectivity index (χ0n) is 16.1. The van der Waals surface area contributed by atoms with Crippen molar-refractivity contribution < 1.29 is 9.21 Å². The van der Waals surface area contributed by atoms with Crippen LogP contribution in [0.5, 0.6) is 0 Å². The van der Waals surface area contributed by atoms with Crippen LogP contribution in [-0.4, -0.2) is 37.1 Å². The molecule has 0 spiro atoms. The molecule has 0 fully saturated rings. The van der Waals surface area contributed by atoms with Crippen molar-refractivity contribution in [2.75, 3.05) is 5.75 Å². The van der Waals surface area contributed by atoms with Crippen LogP contribution >= 0.6 is 23.4 Å². The van der Waals surface area contributed by atoms with Crippen LogP contribution in [0.15, 0.2) is 57.3 Å². The summed E-state index contributed by atoms with van der Waals surface area (Å²) < 4.78 is 7.56. The number of nitrogens with zero attached hydrogens (tertiary/aromatic N) is 5. The summed E-state index contributed by atoms with van der Waals surface area (Å²) in [7, 11) is 0. The number of hydrogen-bond acceptors (Lipinski definition) is 6. The van der Waals surface area contributed by atoms with E-state index >= 15 is 0 Å². The number of furan rings is 1. The third-order valence-electron chi connectivity index (χ3n) is 4.76. The maximum atomic E-state index is 13.0. The van der Waals surface area contributed by atoms with Crippen molar-refractivity contribution in [3.05, 3.63) is 64.8 Å². The van der Waals surface area contributed by atoms with Crippen LogP contribution in [0, 0.1) is 6.92 Å². The summed E-state index contributed by atoms with van der Waals surface area (Å²) in [4.78, 5) is 13.0. The minimum Gasteiger partial charge on any atom is -0.467 e. The predicted octanol–water partition coefficient (Wildman–Crippen LogP) is 4.32. The van der Waals surface area contributed by atoms with Crippen molar-refractivity contribution in [1.82, 2.24) is 19.8 Å². The van der Waals surface area contributed by atoms with Gasteiger partial charge in [-0.25, -0.2) is 5.01 Å². The number of benzene rings is 1. The molecule has 0 aliphatic carbocycles. The van der Waals surface area contributed by atoms with Gasteiger partial charge in [0.1, 0.15) is 17.6 Å². The molecule has 2 aromatic heterocycles. The van der Waals surface area contributed by atoms with Crippen LogP contribution < -0.4 is 0 Å². The average molecular weight is 430 g/mol. The zero-order chi connectivity index (χ0) is 20.4. The van der Waals surface area contributed by atoms with E-state index in [2.05, 4.69) is 15.3 Å². The van der Waals surface area contributed by atoms with Gasteiger partial charge in [-0.15, -0.1) is 10.2 Å². The molecule has 1 aliphatic rings. The molecule has 0 bridgehead atoms. The molecular formula is C20H20ClN5O2S. The summed E-state index contributed by atoms with van der Waals surface area (Å²) in [5, 5.41) is 15.8. The number of carbonyl (C=O) groups excluding carboxylic acids is 1. The van der Waals surface area contributed by atoms with Crippen molar-refractivity contribution in [2.45, 2.75) is 38.0 Å².